The molecule has 5 atom stereocenters. The van der Waals surface area contributed by atoms with Crippen LogP contribution in [0.2, 0.25) is 0 Å². The summed E-state index contributed by atoms with van der Waals surface area (Å²) in [6.07, 6.45) is -6.36. The van der Waals surface area contributed by atoms with Crippen LogP contribution in [0.3, 0.4) is 0 Å². The predicted molar refractivity (Wildman–Crippen MR) is 79.5 cm³/mol. The van der Waals surface area contributed by atoms with Crippen LogP contribution in [0.25, 0.3) is 0 Å². The van der Waals surface area contributed by atoms with Crippen molar-refractivity contribution in [3.8, 4) is 5.75 Å². The summed E-state index contributed by atoms with van der Waals surface area (Å²) in [5, 5.41) is 38.5. The van der Waals surface area contributed by atoms with Gasteiger partial charge in [-0.25, -0.2) is 0 Å². The van der Waals surface area contributed by atoms with Gasteiger partial charge >= 0.3 is 0 Å². The Morgan fingerprint density at radius 2 is 1.59 bits per heavy atom. The molecule has 0 spiro atoms. The Morgan fingerprint density at radius 1 is 1.00 bits per heavy atom. The summed E-state index contributed by atoms with van der Waals surface area (Å²) in [6.45, 7) is 5.81. The summed E-state index contributed by atoms with van der Waals surface area (Å²) in [5.41, 5.74) is 1.15. The van der Waals surface area contributed by atoms with Crippen LogP contribution >= 0.6 is 0 Å². The van der Waals surface area contributed by atoms with Gasteiger partial charge in [0.05, 0.1) is 6.61 Å². The summed E-state index contributed by atoms with van der Waals surface area (Å²) in [4.78, 5) is 0. The molecule has 1 heterocycles. The molecular formula is C16H24O6. The smallest absolute Gasteiger partial charge is 0.229 e. The fourth-order valence-corrected chi connectivity index (χ4v) is 2.33. The topological polar surface area (TPSA) is 99.4 Å². The molecule has 1 aliphatic rings. The van der Waals surface area contributed by atoms with Gasteiger partial charge in [-0.3, -0.25) is 0 Å². The molecule has 1 saturated heterocycles. The predicted octanol–water partition coefficient (Wildman–Crippen LogP) is 0.163. The SMILES string of the molecule is CC(C)(C)c1ccc(OC2OC(CO)C(O)C(O)C2O)cc1. The average Bonchev–Trinajstić information content (AvgIpc) is 2.47. The summed E-state index contributed by atoms with van der Waals surface area (Å²) in [5.74, 6) is 0.470. The van der Waals surface area contributed by atoms with Gasteiger partial charge in [0.1, 0.15) is 30.2 Å². The van der Waals surface area contributed by atoms with Gasteiger partial charge in [0, 0.05) is 0 Å². The van der Waals surface area contributed by atoms with Crippen LogP contribution < -0.4 is 4.74 Å². The average molecular weight is 312 g/mol. The molecule has 1 fully saturated rings. The molecular weight excluding hydrogens is 288 g/mol. The second-order valence-electron chi connectivity index (χ2n) is 6.59. The van der Waals surface area contributed by atoms with Gasteiger partial charge < -0.3 is 29.9 Å². The van der Waals surface area contributed by atoms with E-state index < -0.39 is 37.3 Å². The lowest BCUT2D eigenvalue weighted by molar-refractivity contribution is -0.277. The van der Waals surface area contributed by atoms with Crippen LogP contribution in [0.4, 0.5) is 0 Å². The molecule has 5 unspecified atom stereocenters. The minimum atomic E-state index is -1.44. The van der Waals surface area contributed by atoms with Crippen molar-refractivity contribution in [2.45, 2.75) is 56.9 Å². The van der Waals surface area contributed by atoms with Gasteiger partial charge in [0.15, 0.2) is 0 Å². The van der Waals surface area contributed by atoms with E-state index in [1.165, 1.54) is 0 Å². The van der Waals surface area contributed by atoms with Crippen LogP contribution in [-0.4, -0.2) is 57.7 Å². The highest BCUT2D eigenvalue weighted by molar-refractivity contribution is 5.31. The monoisotopic (exact) mass is 312 g/mol. The van der Waals surface area contributed by atoms with Gasteiger partial charge in [-0.1, -0.05) is 32.9 Å². The lowest BCUT2D eigenvalue weighted by atomic mass is 9.87. The Hall–Kier alpha value is -1.18. The Kier molecular flexibility index (Phi) is 5.09. The molecule has 0 bridgehead atoms. The highest BCUT2D eigenvalue weighted by Crippen LogP contribution is 2.27. The van der Waals surface area contributed by atoms with Crippen molar-refractivity contribution in [2.24, 2.45) is 0 Å². The van der Waals surface area contributed by atoms with Gasteiger partial charge in [0.2, 0.25) is 6.29 Å². The van der Waals surface area contributed by atoms with Crippen LogP contribution in [0.1, 0.15) is 26.3 Å². The highest BCUT2D eigenvalue weighted by atomic mass is 16.7. The van der Waals surface area contributed by atoms with Crippen LogP contribution in [-0.2, 0) is 10.2 Å². The number of aliphatic hydroxyl groups excluding tert-OH is 4. The first-order valence-corrected chi connectivity index (χ1v) is 7.32. The fraction of sp³-hybridized carbons (Fsp3) is 0.625. The Bertz CT molecular complexity index is 478. The summed E-state index contributed by atoms with van der Waals surface area (Å²) in [7, 11) is 0. The first-order chi connectivity index (χ1) is 10.2. The second-order valence-corrected chi connectivity index (χ2v) is 6.59. The lowest BCUT2D eigenvalue weighted by Gasteiger charge is -2.39. The lowest BCUT2D eigenvalue weighted by Crippen LogP contribution is -2.60. The first kappa shape index (κ1) is 17.2. The molecule has 0 amide bonds. The van der Waals surface area contributed by atoms with E-state index in [1.807, 2.05) is 12.1 Å². The normalized spacial score (nSPS) is 32.8. The molecule has 124 valence electrons. The Balaban J connectivity index is 2.09. The number of ether oxygens (including phenoxy) is 2. The van der Waals surface area contributed by atoms with Crippen LogP contribution in [0.5, 0.6) is 5.75 Å². The van der Waals surface area contributed by atoms with Gasteiger partial charge in [-0.15, -0.1) is 0 Å². The summed E-state index contributed by atoms with van der Waals surface area (Å²) < 4.78 is 10.8. The Morgan fingerprint density at radius 3 is 2.09 bits per heavy atom. The van der Waals surface area contributed by atoms with E-state index in [0.29, 0.717) is 5.75 Å². The molecule has 0 saturated carbocycles. The number of benzene rings is 1. The van der Waals surface area contributed by atoms with Crippen molar-refractivity contribution in [1.82, 2.24) is 0 Å². The van der Waals surface area contributed by atoms with Crippen molar-refractivity contribution in [3.63, 3.8) is 0 Å². The summed E-state index contributed by atoms with van der Waals surface area (Å²) in [6, 6.07) is 7.34. The molecule has 0 aromatic heterocycles. The third-order valence-electron chi connectivity index (χ3n) is 3.82. The zero-order valence-corrected chi connectivity index (χ0v) is 13.0. The van der Waals surface area contributed by atoms with Crippen LogP contribution in [0.15, 0.2) is 24.3 Å². The number of rotatable bonds is 3. The minimum absolute atomic E-state index is 0.0155. The van der Waals surface area contributed by atoms with Crippen molar-refractivity contribution >= 4 is 0 Å². The molecule has 0 radical (unpaired) electrons. The van der Waals surface area contributed by atoms with E-state index in [0.717, 1.165) is 5.56 Å². The highest BCUT2D eigenvalue weighted by Gasteiger charge is 2.44. The Labute approximate surface area is 129 Å². The quantitative estimate of drug-likeness (QED) is 0.635. The number of hydrogen-bond donors (Lipinski definition) is 4. The van der Waals surface area contributed by atoms with E-state index >= 15 is 0 Å². The van der Waals surface area contributed by atoms with E-state index in [9.17, 15) is 15.3 Å². The molecule has 0 aliphatic carbocycles. The second kappa shape index (κ2) is 6.52. The van der Waals surface area contributed by atoms with Crippen molar-refractivity contribution < 1.29 is 29.9 Å². The molecule has 22 heavy (non-hydrogen) atoms. The minimum Gasteiger partial charge on any atom is -0.462 e. The number of aliphatic hydroxyl groups is 4. The molecule has 4 N–H and O–H groups in total. The maximum Gasteiger partial charge on any atom is 0.229 e. The first-order valence-electron chi connectivity index (χ1n) is 7.32. The third kappa shape index (κ3) is 3.59. The van der Waals surface area contributed by atoms with Crippen molar-refractivity contribution in [2.75, 3.05) is 6.61 Å². The van der Waals surface area contributed by atoms with Gasteiger partial charge in [0.25, 0.3) is 0 Å². The molecule has 2 rings (SSSR count). The van der Waals surface area contributed by atoms with E-state index in [2.05, 4.69) is 20.8 Å². The molecule has 6 nitrogen and oxygen atoms in total. The standard InChI is InChI=1S/C16H24O6/c1-16(2,3)9-4-6-10(7-5-9)21-15-14(20)13(19)12(18)11(8-17)22-15/h4-7,11-15,17-20H,8H2,1-3H3. The third-order valence-corrected chi connectivity index (χ3v) is 3.82. The molecule has 6 heteroatoms. The maximum absolute atomic E-state index is 9.92. The fourth-order valence-electron chi connectivity index (χ4n) is 2.33. The zero-order valence-electron chi connectivity index (χ0n) is 13.0. The van der Waals surface area contributed by atoms with E-state index in [4.69, 9.17) is 14.6 Å². The van der Waals surface area contributed by atoms with Gasteiger partial charge in [-0.2, -0.15) is 0 Å². The molecule has 1 aliphatic heterocycles. The van der Waals surface area contributed by atoms with Crippen LogP contribution in [0, 0.1) is 0 Å². The molecule has 1 aromatic rings. The largest absolute Gasteiger partial charge is 0.462 e. The zero-order chi connectivity index (χ0) is 16.5. The summed E-state index contributed by atoms with van der Waals surface area (Å²) >= 11 is 0. The molecule has 1 aromatic carbocycles. The maximum atomic E-state index is 9.92. The number of hydrogen-bond acceptors (Lipinski definition) is 6. The van der Waals surface area contributed by atoms with E-state index in [-0.39, 0.29) is 5.41 Å². The van der Waals surface area contributed by atoms with Crippen molar-refractivity contribution in [1.29, 1.82) is 0 Å². The van der Waals surface area contributed by atoms with E-state index in [1.54, 1.807) is 12.1 Å². The van der Waals surface area contributed by atoms with Crippen molar-refractivity contribution in [3.05, 3.63) is 29.8 Å². The van der Waals surface area contributed by atoms with Gasteiger partial charge in [-0.05, 0) is 23.1 Å².